The van der Waals surface area contributed by atoms with Crippen LogP contribution in [0.25, 0.3) is 5.69 Å². The number of hydrogen-bond acceptors (Lipinski definition) is 4. The second kappa shape index (κ2) is 5.35. The molecule has 116 valence electrons. The highest BCUT2D eigenvalue weighted by Gasteiger charge is 2.25. The van der Waals surface area contributed by atoms with Crippen LogP contribution in [-0.4, -0.2) is 23.9 Å². The van der Waals surface area contributed by atoms with Crippen molar-refractivity contribution in [3.8, 4) is 5.69 Å². The van der Waals surface area contributed by atoms with Crippen LogP contribution in [0.5, 0.6) is 0 Å². The fourth-order valence-electron chi connectivity index (χ4n) is 2.61. The first-order chi connectivity index (χ1) is 11.2. The van der Waals surface area contributed by atoms with Gasteiger partial charge in [-0.1, -0.05) is 18.2 Å². The molecule has 0 unspecified atom stereocenters. The highest BCUT2D eigenvalue weighted by atomic mass is 16.2. The van der Waals surface area contributed by atoms with E-state index in [2.05, 4.69) is 10.1 Å². The molecule has 1 saturated carbocycles. The lowest BCUT2D eigenvalue weighted by Gasteiger charge is -2.10. The molecule has 1 aliphatic rings. The van der Waals surface area contributed by atoms with E-state index in [0.717, 1.165) is 18.5 Å². The molecular weight excluding hydrogens is 294 g/mol. The monoisotopic (exact) mass is 309 g/mol. The Morgan fingerprint density at radius 2 is 1.87 bits per heavy atom. The molecule has 0 radical (unpaired) electrons. The molecule has 0 bridgehead atoms. The van der Waals surface area contributed by atoms with E-state index >= 15 is 0 Å². The Kier molecular flexibility index (Phi) is 3.18. The van der Waals surface area contributed by atoms with Crippen LogP contribution in [0.4, 0.5) is 0 Å². The van der Waals surface area contributed by atoms with Gasteiger partial charge >= 0.3 is 5.69 Å². The first kappa shape index (κ1) is 13.7. The lowest BCUT2D eigenvalue weighted by atomic mass is 10.3. The van der Waals surface area contributed by atoms with Crippen molar-refractivity contribution in [3.63, 3.8) is 0 Å². The van der Waals surface area contributed by atoms with Crippen molar-refractivity contribution in [2.75, 3.05) is 0 Å². The van der Waals surface area contributed by atoms with Gasteiger partial charge in [0.05, 0.1) is 12.2 Å². The zero-order valence-electron chi connectivity index (χ0n) is 12.4. The standard InChI is InChI=1S/C16H15N5O2/c22-15-8-9-19(12-6-7-12)16(23)20(15)10-14-17-11-18-21(14)13-4-2-1-3-5-13/h1-5,8-9,11-12H,6-7,10H2. The molecular formula is C16H15N5O2. The van der Waals surface area contributed by atoms with Crippen LogP contribution in [0, 0.1) is 0 Å². The summed E-state index contributed by atoms with van der Waals surface area (Å²) >= 11 is 0. The molecule has 0 spiro atoms. The van der Waals surface area contributed by atoms with Crippen molar-refractivity contribution in [3.05, 3.63) is 75.6 Å². The number of rotatable bonds is 4. The van der Waals surface area contributed by atoms with Gasteiger partial charge in [-0.05, 0) is 25.0 Å². The van der Waals surface area contributed by atoms with Crippen LogP contribution in [-0.2, 0) is 6.54 Å². The molecule has 0 atom stereocenters. The maximum atomic E-state index is 12.5. The second-order valence-corrected chi connectivity index (χ2v) is 5.58. The summed E-state index contributed by atoms with van der Waals surface area (Å²) < 4.78 is 4.48. The van der Waals surface area contributed by atoms with E-state index in [0.29, 0.717) is 5.82 Å². The third-order valence-electron chi connectivity index (χ3n) is 3.95. The number of benzene rings is 1. The van der Waals surface area contributed by atoms with Crippen molar-refractivity contribution < 1.29 is 0 Å². The van der Waals surface area contributed by atoms with E-state index in [-0.39, 0.29) is 23.8 Å². The SMILES string of the molecule is O=c1ccn(C2CC2)c(=O)n1Cc1ncnn1-c1ccccc1. The Labute approximate surface area is 131 Å². The first-order valence-corrected chi connectivity index (χ1v) is 7.50. The Bertz CT molecular complexity index is 950. The zero-order chi connectivity index (χ0) is 15.8. The summed E-state index contributed by atoms with van der Waals surface area (Å²) in [5.41, 5.74) is 0.226. The highest BCUT2D eigenvalue weighted by molar-refractivity contribution is 5.30. The van der Waals surface area contributed by atoms with Crippen LogP contribution in [0.15, 0.2) is 58.5 Å². The average molecular weight is 309 g/mol. The third-order valence-corrected chi connectivity index (χ3v) is 3.95. The van der Waals surface area contributed by atoms with Crippen LogP contribution in [0.1, 0.15) is 24.7 Å². The van der Waals surface area contributed by atoms with E-state index in [9.17, 15) is 9.59 Å². The van der Waals surface area contributed by atoms with E-state index in [4.69, 9.17) is 0 Å². The van der Waals surface area contributed by atoms with E-state index in [1.54, 1.807) is 15.4 Å². The minimum Gasteiger partial charge on any atom is -0.297 e. The molecule has 0 amide bonds. The largest absolute Gasteiger partial charge is 0.331 e. The van der Waals surface area contributed by atoms with Gasteiger partial charge in [0.25, 0.3) is 5.56 Å². The average Bonchev–Trinajstić information content (AvgIpc) is 3.30. The number of hydrogen-bond donors (Lipinski definition) is 0. The minimum absolute atomic E-state index is 0.0973. The van der Waals surface area contributed by atoms with Crippen molar-refractivity contribution in [1.82, 2.24) is 23.9 Å². The van der Waals surface area contributed by atoms with Crippen molar-refractivity contribution in [2.45, 2.75) is 25.4 Å². The predicted octanol–water partition coefficient (Wildman–Crippen LogP) is 0.974. The summed E-state index contributed by atoms with van der Waals surface area (Å²) in [5, 5.41) is 4.19. The molecule has 1 fully saturated rings. The van der Waals surface area contributed by atoms with Crippen molar-refractivity contribution in [2.24, 2.45) is 0 Å². The van der Waals surface area contributed by atoms with Gasteiger partial charge in [0.15, 0.2) is 5.82 Å². The first-order valence-electron chi connectivity index (χ1n) is 7.50. The summed E-state index contributed by atoms with van der Waals surface area (Å²) in [7, 11) is 0. The molecule has 0 aliphatic heterocycles. The van der Waals surface area contributed by atoms with Crippen molar-refractivity contribution >= 4 is 0 Å². The molecule has 0 saturated heterocycles. The second-order valence-electron chi connectivity index (χ2n) is 5.58. The van der Waals surface area contributed by atoms with Crippen LogP contribution >= 0.6 is 0 Å². The van der Waals surface area contributed by atoms with E-state index in [1.165, 1.54) is 17.0 Å². The summed E-state index contributed by atoms with van der Waals surface area (Å²) in [6.07, 6.45) is 4.98. The highest BCUT2D eigenvalue weighted by Crippen LogP contribution is 2.32. The van der Waals surface area contributed by atoms with Crippen molar-refractivity contribution in [1.29, 1.82) is 0 Å². The Morgan fingerprint density at radius 3 is 2.61 bits per heavy atom. The maximum Gasteiger partial charge on any atom is 0.331 e. The van der Waals surface area contributed by atoms with E-state index < -0.39 is 0 Å². The van der Waals surface area contributed by atoms with Gasteiger partial charge in [-0.3, -0.25) is 13.9 Å². The lowest BCUT2D eigenvalue weighted by Crippen LogP contribution is -2.39. The Balaban J connectivity index is 1.76. The smallest absolute Gasteiger partial charge is 0.297 e. The van der Waals surface area contributed by atoms with Gasteiger partial charge in [0.2, 0.25) is 0 Å². The topological polar surface area (TPSA) is 74.7 Å². The number of para-hydroxylation sites is 1. The Morgan fingerprint density at radius 1 is 1.09 bits per heavy atom. The molecule has 1 aliphatic carbocycles. The molecule has 1 aromatic carbocycles. The van der Waals surface area contributed by atoms with Gasteiger partial charge in [-0.2, -0.15) is 5.10 Å². The molecule has 7 heteroatoms. The molecule has 2 heterocycles. The third kappa shape index (κ3) is 2.50. The van der Waals surface area contributed by atoms with Gasteiger partial charge in [-0.15, -0.1) is 0 Å². The van der Waals surface area contributed by atoms with Gasteiger partial charge in [0, 0.05) is 18.3 Å². The van der Waals surface area contributed by atoms with E-state index in [1.807, 2.05) is 30.3 Å². The summed E-state index contributed by atoms with van der Waals surface area (Å²) in [6, 6.07) is 11.2. The molecule has 23 heavy (non-hydrogen) atoms. The maximum absolute atomic E-state index is 12.5. The summed E-state index contributed by atoms with van der Waals surface area (Å²) in [5.74, 6) is 0.545. The fourth-order valence-corrected chi connectivity index (χ4v) is 2.61. The zero-order valence-corrected chi connectivity index (χ0v) is 12.4. The summed E-state index contributed by atoms with van der Waals surface area (Å²) in [4.78, 5) is 28.8. The van der Waals surface area contributed by atoms with Gasteiger partial charge in [0.1, 0.15) is 6.33 Å². The number of nitrogens with zero attached hydrogens (tertiary/aromatic N) is 5. The molecule has 4 rings (SSSR count). The Hall–Kier alpha value is -2.96. The lowest BCUT2D eigenvalue weighted by molar-refractivity contribution is 0.572. The van der Waals surface area contributed by atoms with Gasteiger partial charge < -0.3 is 0 Å². The minimum atomic E-state index is -0.325. The number of aromatic nitrogens is 5. The van der Waals surface area contributed by atoms with Crippen LogP contribution < -0.4 is 11.2 Å². The van der Waals surface area contributed by atoms with Gasteiger partial charge in [-0.25, -0.2) is 14.5 Å². The summed E-state index contributed by atoms with van der Waals surface area (Å²) in [6.45, 7) is 0.0973. The molecule has 0 N–H and O–H groups in total. The van der Waals surface area contributed by atoms with Crippen LogP contribution in [0.2, 0.25) is 0 Å². The molecule has 7 nitrogen and oxygen atoms in total. The molecule has 2 aromatic heterocycles. The fraction of sp³-hybridized carbons (Fsp3) is 0.250. The quantitative estimate of drug-likeness (QED) is 0.720. The predicted molar refractivity (Wildman–Crippen MR) is 83.7 cm³/mol. The molecule has 3 aromatic rings. The normalized spacial score (nSPS) is 14.1. The van der Waals surface area contributed by atoms with Crippen LogP contribution in [0.3, 0.4) is 0 Å².